The molecule has 0 spiro atoms. The lowest BCUT2D eigenvalue weighted by molar-refractivity contribution is 0.0869. The minimum atomic E-state index is -3.11. The number of carbonyl (C=O) groups excluding carboxylic acids is 1. The Hall–Kier alpha value is -1.36. The summed E-state index contributed by atoms with van der Waals surface area (Å²) in [7, 11) is 6.04. The van der Waals surface area contributed by atoms with Crippen LogP contribution in [-0.2, 0) is 4.57 Å². The van der Waals surface area contributed by atoms with E-state index < -0.39 is 7.59 Å². The highest BCUT2D eigenvalue weighted by atomic mass is 31.2. The number of anilines is 1. The Labute approximate surface area is 126 Å². The van der Waals surface area contributed by atoms with Gasteiger partial charge in [0.05, 0.1) is 11.3 Å². The molecule has 0 radical (unpaired) electrons. The van der Waals surface area contributed by atoms with Gasteiger partial charge in [0.2, 0.25) is 0 Å². The molecule has 1 aromatic carbocycles. The van der Waals surface area contributed by atoms with Gasteiger partial charge in [-0.15, -0.1) is 0 Å². The molecule has 6 nitrogen and oxygen atoms in total. The van der Waals surface area contributed by atoms with E-state index in [0.29, 0.717) is 12.1 Å². The SMILES string of the molecule is CN(C)CCN(C)P1(=O)N(C)C(=O)c2ccccc2N1C. The molecule has 1 heterocycles. The van der Waals surface area contributed by atoms with Crippen LogP contribution >= 0.6 is 7.59 Å². The van der Waals surface area contributed by atoms with E-state index in [9.17, 15) is 9.36 Å². The number of carbonyl (C=O) groups is 1. The molecule has 1 amide bonds. The fourth-order valence-electron chi connectivity index (χ4n) is 2.50. The van der Waals surface area contributed by atoms with E-state index in [1.165, 1.54) is 4.67 Å². The van der Waals surface area contributed by atoms with Crippen LogP contribution in [-0.4, -0.2) is 68.5 Å². The normalized spacial score (nSPS) is 22.1. The van der Waals surface area contributed by atoms with Gasteiger partial charge in [0.15, 0.2) is 0 Å². The molecule has 0 saturated carbocycles. The quantitative estimate of drug-likeness (QED) is 0.794. The summed E-state index contributed by atoms with van der Waals surface area (Å²) in [6.45, 7) is 1.40. The Balaban J connectivity index is 2.40. The Morgan fingerprint density at radius 1 is 1.05 bits per heavy atom. The lowest BCUT2D eigenvalue weighted by atomic mass is 10.1. The van der Waals surface area contributed by atoms with Gasteiger partial charge in [-0.25, -0.2) is 4.67 Å². The largest absolute Gasteiger partial charge is 0.337 e. The van der Waals surface area contributed by atoms with Gasteiger partial charge in [0.1, 0.15) is 0 Å². The molecule has 1 aliphatic rings. The summed E-state index contributed by atoms with van der Waals surface area (Å²) in [6.07, 6.45) is 0. The molecule has 0 bridgehead atoms. The van der Waals surface area contributed by atoms with Crippen LogP contribution in [0.2, 0.25) is 0 Å². The van der Waals surface area contributed by atoms with E-state index in [0.717, 1.165) is 12.2 Å². The minimum Gasteiger partial charge on any atom is -0.308 e. The zero-order valence-electron chi connectivity index (χ0n) is 13.3. The Bertz CT molecular complexity index is 590. The lowest BCUT2D eigenvalue weighted by Gasteiger charge is -2.45. The molecule has 1 aromatic rings. The Morgan fingerprint density at radius 3 is 2.29 bits per heavy atom. The van der Waals surface area contributed by atoms with Crippen LogP contribution < -0.4 is 4.67 Å². The van der Waals surface area contributed by atoms with E-state index in [4.69, 9.17) is 0 Å². The molecular formula is C14H23N4O2P. The zero-order chi connectivity index (χ0) is 15.8. The molecule has 0 aliphatic carbocycles. The highest BCUT2D eigenvalue weighted by Crippen LogP contribution is 2.59. The van der Waals surface area contributed by atoms with Crippen molar-refractivity contribution in [2.45, 2.75) is 0 Å². The number of nitrogens with zero attached hydrogens (tertiary/aromatic N) is 4. The maximum Gasteiger partial charge on any atom is 0.337 e. The second kappa shape index (κ2) is 5.79. The van der Waals surface area contributed by atoms with Gasteiger partial charge in [-0.2, -0.15) is 0 Å². The van der Waals surface area contributed by atoms with E-state index in [-0.39, 0.29) is 5.91 Å². The zero-order valence-corrected chi connectivity index (χ0v) is 14.2. The summed E-state index contributed by atoms with van der Waals surface area (Å²) in [4.78, 5) is 14.5. The van der Waals surface area contributed by atoms with Crippen molar-refractivity contribution in [3.63, 3.8) is 0 Å². The van der Waals surface area contributed by atoms with Crippen LogP contribution in [0.3, 0.4) is 0 Å². The number of amides is 1. The van der Waals surface area contributed by atoms with Gasteiger partial charge >= 0.3 is 7.59 Å². The van der Waals surface area contributed by atoms with E-state index in [1.54, 1.807) is 36.6 Å². The van der Waals surface area contributed by atoms with Gasteiger partial charge in [-0.05, 0) is 33.3 Å². The summed E-state index contributed by atoms with van der Waals surface area (Å²) in [5.41, 5.74) is 1.32. The number of likely N-dealkylation sites (N-methyl/N-ethyl adjacent to an activating group) is 2. The van der Waals surface area contributed by atoms with E-state index >= 15 is 0 Å². The topological polar surface area (TPSA) is 47.1 Å². The van der Waals surface area contributed by atoms with Crippen molar-refractivity contribution < 1.29 is 9.36 Å². The summed E-state index contributed by atoms with van der Waals surface area (Å²) >= 11 is 0. The third-order valence-electron chi connectivity index (χ3n) is 3.87. The first-order chi connectivity index (χ1) is 9.80. The number of hydrogen-bond acceptors (Lipinski definition) is 3. The molecular weight excluding hydrogens is 287 g/mol. The second-order valence-electron chi connectivity index (χ2n) is 5.57. The standard InChI is InChI=1S/C14H23N4O2P/c1-15(2)10-11-16(3)21(20)17(4)13-9-7-6-8-12(13)14(19)18(21)5/h6-9H,10-11H2,1-5H3. The third kappa shape index (κ3) is 2.59. The molecule has 0 saturated heterocycles. The molecule has 1 aliphatic heterocycles. The van der Waals surface area contributed by atoms with Crippen LogP contribution in [0.15, 0.2) is 24.3 Å². The highest BCUT2D eigenvalue weighted by Gasteiger charge is 2.45. The summed E-state index contributed by atoms with van der Waals surface area (Å²) in [5.74, 6) is -0.191. The summed E-state index contributed by atoms with van der Waals surface area (Å²) < 4.78 is 18.4. The van der Waals surface area contributed by atoms with Crippen molar-refractivity contribution in [1.29, 1.82) is 0 Å². The van der Waals surface area contributed by atoms with Gasteiger partial charge in [0.25, 0.3) is 5.91 Å². The van der Waals surface area contributed by atoms with Gasteiger partial charge < -0.3 is 4.90 Å². The smallest absolute Gasteiger partial charge is 0.308 e. The van der Waals surface area contributed by atoms with Crippen LogP contribution in [0.1, 0.15) is 10.4 Å². The fourth-order valence-corrected chi connectivity index (χ4v) is 4.97. The number of benzene rings is 1. The first-order valence-corrected chi connectivity index (χ1v) is 8.44. The van der Waals surface area contributed by atoms with Crippen molar-refractivity contribution in [2.75, 3.05) is 53.0 Å². The summed E-state index contributed by atoms with van der Waals surface area (Å²) in [6, 6.07) is 7.29. The van der Waals surface area contributed by atoms with Crippen LogP contribution in [0.5, 0.6) is 0 Å². The molecule has 0 aromatic heterocycles. The van der Waals surface area contributed by atoms with Crippen molar-refractivity contribution in [3.05, 3.63) is 29.8 Å². The van der Waals surface area contributed by atoms with Crippen molar-refractivity contribution in [3.8, 4) is 0 Å². The van der Waals surface area contributed by atoms with Crippen LogP contribution in [0.25, 0.3) is 0 Å². The Kier molecular flexibility index (Phi) is 4.42. The third-order valence-corrected chi connectivity index (χ3v) is 6.92. The van der Waals surface area contributed by atoms with Gasteiger partial charge in [-0.1, -0.05) is 12.1 Å². The van der Waals surface area contributed by atoms with Crippen molar-refractivity contribution in [2.24, 2.45) is 0 Å². The molecule has 7 heteroatoms. The lowest BCUT2D eigenvalue weighted by Crippen LogP contribution is -2.44. The Morgan fingerprint density at radius 2 is 1.67 bits per heavy atom. The minimum absolute atomic E-state index is 0.191. The molecule has 2 rings (SSSR count). The van der Waals surface area contributed by atoms with Crippen molar-refractivity contribution >= 4 is 19.2 Å². The number of rotatable bonds is 4. The first kappa shape index (κ1) is 16.0. The predicted octanol–water partition coefficient (Wildman–Crippen LogP) is 1.81. The number of fused-ring (bicyclic) bond motifs is 1. The highest BCUT2D eigenvalue weighted by molar-refractivity contribution is 7.61. The fraction of sp³-hybridized carbons (Fsp3) is 0.500. The molecule has 0 fully saturated rings. The van der Waals surface area contributed by atoms with Crippen LogP contribution in [0, 0.1) is 0 Å². The maximum atomic E-state index is 13.5. The average Bonchev–Trinajstić information content (AvgIpc) is 2.48. The monoisotopic (exact) mass is 310 g/mol. The second-order valence-corrected chi connectivity index (χ2v) is 8.48. The van der Waals surface area contributed by atoms with Gasteiger partial charge in [0, 0.05) is 27.2 Å². The summed E-state index contributed by atoms with van der Waals surface area (Å²) in [5, 5.41) is 0. The average molecular weight is 310 g/mol. The predicted molar refractivity (Wildman–Crippen MR) is 85.7 cm³/mol. The molecule has 0 N–H and O–H groups in total. The first-order valence-electron chi connectivity index (χ1n) is 6.88. The maximum absolute atomic E-state index is 13.5. The van der Waals surface area contributed by atoms with Crippen LogP contribution in [0.4, 0.5) is 5.69 Å². The van der Waals surface area contributed by atoms with E-state index in [1.807, 2.05) is 37.2 Å². The molecule has 116 valence electrons. The van der Waals surface area contributed by atoms with Gasteiger partial charge in [-0.3, -0.25) is 18.7 Å². The molecule has 1 atom stereocenters. The number of hydrogen-bond donors (Lipinski definition) is 0. The molecule has 1 unspecified atom stereocenters. The molecule has 21 heavy (non-hydrogen) atoms. The van der Waals surface area contributed by atoms with Crippen molar-refractivity contribution in [1.82, 2.24) is 14.2 Å². The van der Waals surface area contributed by atoms with E-state index in [2.05, 4.69) is 0 Å². The number of para-hydroxylation sites is 1.